The molecular formula is C21H19FN2O4. The van der Waals surface area contributed by atoms with Crippen molar-refractivity contribution in [2.75, 3.05) is 0 Å². The molecule has 0 spiro atoms. The zero-order valence-corrected chi connectivity index (χ0v) is 15.2. The molecule has 0 saturated carbocycles. The van der Waals surface area contributed by atoms with Crippen LogP contribution >= 0.6 is 0 Å². The Morgan fingerprint density at radius 2 is 1.18 bits per heavy atom. The van der Waals surface area contributed by atoms with Gasteiger partial charge in [0, 0.05) is 17.7 Å². The molecule has 0 aliphatic rings. The Hall–Kier alpha value is -3.61. The van der Waals surface area contributed by atoms with Gasteiger partial charge in [-0.1, -0.05) is 54.6 Å². The van der Waals surface area contributed by atoms with Crippen molar-refractivity contribution in [2.24, 2.45) is 0 Å². The van der Waals surface area contributed by atoms with E-state index in [0.717, 1.165) is 24.1 Å². The normalized spacial score (nSPS) is 9.93. The fraction of sp³-hybridized carbons (Fsp3) is 0.143. The van der Waals surface area contributed by atoms with Crippen LogP contribution in [0.2, 0.25) is 0 Å². The molecule has 7 heteroatoms. The summed E-state index contributed by atoms with van der Waals surface area (Å²) in [6, 6.07) is 20.1. The molecule has 144 valence electrons. The van der Waals surface area contributed by atoms with E-state index in [9.17, 15) is 24.6 Å². The first-order valence-corrected chi connectivity index (χ1v) is 8.56. The van der Waals surface area contributed by atoms with Gasteiger partial charge in [-0.3, -0.25) is 20.2 Å². The number of hydrogen-bond acceptors (Lipinski definition) is 4. The summed E-state index contributed by atoms with van der Waals surface area (Å²) in [4.78, 5) is 19.8. The largest absolute Gasteiger partial charge is 0.304 e. The maximum Gasteiger partial charge on any atom is 0.304 e. The molecule has 0 aliphatic heterocycles. The predicted octanol–water partition coefficient (Wildman–Crippen LogP) is 5.42. The molecule has 3 rings (SSSR count). The van der Waals surface area contributed by atoms with Gasteiger partial charge in [0.1, 0.15) is 0 Å². The third-order valence-electron chi connectivity index (χ3n) is 4.16. The van der Waals surface area contributed by atoms with Crippen molar-refractivity contribution in [1.29, 1.82) is 0 Å². The predicted molar refractivity (Wildman–Crippen MR) is 105 cm³/mol. The van der Waals surface area contributed by atoms with Crippen LogP contribution in [0.1, 0.15) is 16.7 Å². The number of halogens is 1. The fourth-order valence-electron chi connectivity index (χ4n) is 2.66. The van der Waals surface area contributed by atoms with Gasteiger partial charge in [0.25, 0.3) is 5.69 Å². The summed E-state index contributed by atoms with van der Waals surface area (Å²) in [5, 5.41) is 20.9. The minimum Gasteiger partial charge on any atom is -0.258 e. The Labute approximate surface area is 161 Å². The summed E-state index contributed by atoms with van der Waals surface area (Å²) < 4.78 is 12.4. The number of hydrogen-bond donors (Lipinski definition) is 0. The molecule has 3 aromatic rings. The lowest BCUT2D eigenvalue weighted by molar-refractivity contribution is -0.387. The Morgan fingerprint density at radius 3 is 1.71 bits per heavy atom. The summed E-state index contributed by atoms with van der Waals surface area (Å²) in [5.74, 6) is -0.799. The minimum absolute atomic E-state index is 0.214. The topological polar surface area (TPSA) is 86.3 Å². The Morgan fingerprint density at radius 1 is 0.714 bits per heavy atom. The monoisotopic (exact) mass is 382 g/mol. The lowest BCUT2D eigenvalue weighted by Gasteiger charge is -2.06. The summed E-state index contributed by atoms with van der Waals surface area (Å²) >= 11 is 0. The number of rotatable bonds is 5. The quantitative estimate of drug-likeness (QED) is 0.435. The van der Waals surface area contributed by atoms with Gasteiger partial charge in [0.05, 0.1) is 9.85 Å². The molecule has 0 aromatic heterocycles. The van der Waals surface area contributed by atoms with Crippen molar-refractivity contribution in [3.63, 3.8) is 0 Å². The number of benzene rings is 3. The van der Waals surface area contributed by atoms with Gasteiger partial charge in [-0.15, -0.1) is 0 Å². The van der Waals surface area contributed by atoms with Crippen LogP contribution in [0, 0.1) is 33.0 Å². The van der Waals surface area contributed by atoms with Crippen molar-refractivity contribution in [3.8, 4) is 0 Å². The van der Waals surface area contributed by atoms with Crippen LogP contribution in [-0.4, -0.2) is 9.85 Å². The highest BCUT2D eigenvalue weighted by molar-refractivity contribution is 5.40. The van der Waals surface area contributed by atoms with E-state index in [1.165, 1.54) is 23.3 Å². The number of aryl methyl sites for hydroxylation is 3. The van der Waals surface area contributed by atoms with Gasteiger partial charge in [0.2, 0.25) is 5.82 Å². The molecular weight excluding hydrogens is 363 g/mol. The van der Waals surface area contributed by atoms with Gasteiger partial charge in [-0.2, -0.15) is 4.39 Å². The van der Waals surface area contributed by atoms with Crippen LogP contribution < -0.4 is 0 Å². The highest BCUT2D eigenvalue weighted by Crippen LogP contribution is 2.20. The standard InChI is InChI=1S/C15H15NO2.C6H4FNO2/c1-12-6-2-3-7-13(12)10-11-14-8-4-5-9-15(14)16(17)18;7-5-3-1-2-4-6(5)8(9)10/h2-9H,10-11H2,1H3;1-4H. The van der Waals surface area contributed by atoms with E-state index >= 15 is 0 Å². The van der Waals surface area contributed by atoms with E-state index in [-0.39, 0.29) is 10.6 Å². The Kier molecular flexibility index (Phi) is 7.33. The van der Waals surface area contributed by atoms with Crippen molar-refractivity contribution in [3.05, 3.63) is 116 Å². The lowest BCUT2D eigenvalue weighted by Crippen LogP contribution is -1.98. The fourth-order valence-corrected chi connectivity index (χ4v) is 2.66. The molecule has 6 nitrogen and oxygen atoms in total. The molecule has 0 N–H and O–H groups in total. The second-order valence-corrected chi connectivity index (χ2v) is 6.02. The molecule has 28 heavy (non-hydrogen) atoms. The van der Waals surface area contributed by atoms with Gasteiger partial charge >= 0.3 is 5.69 Å². The van der Waals surface area contributed by atoms with Crippen LogP contribution in [0.5, 0.6) is 0 Å². The smallest absolute Gasteiger partial charge is 0.258 e. The Balaban J connectivity index is 0.000000237. The van der Waals surface area contributed by atoms with Crippen LogP contribution in [0.25, 0.3) is 0 Å². The Bertz CT molecular complexity index is 976. The van der Waals surface area contributed by atoms with E-state index in [0.29, 0.717) is 6.42 Å². The molecule has 0 atom stereocenters. The van der Waals surface area contributed by atoms with Gasteiger partial charge < -0.3 is 0 Å². The van der Waals surface area contributed by atoms with Crippen LogP contribution in [-0.2, 0) is 12.8 Å². The maximum absolute atomic E-state index is 12.4. The highest BCUT2D eigenvalue weighted by atomic mass is 19.1. The summed E-state index contributed by atoms with van der Waals surface area (Å²) in [6.07, 6.45) is 1.53. The first kappa shape index (κ1) is 20.7. The van der Waals surface area contributed by atoms with Gasteiger partial charge in [-0.25, -0.2) is 0 Å². The first-order valence-electron chi connectivity index (χ1n) is 8.56. The molecule has 0 bridgehead atoms. The van der Waals surface area contributed by atoms with Crippen LogP contribution in [0.4, 0.5) is 15.8 Å². The van der Waals surface area contributed by atoms with Crippen molar-refractivity contribution < 1.29 is 14.2 Å². The van der Waals surface area contributed by atoms with Crippen molar-refractivity contribution >= 4 is 11.4 Å². The SMILES string of the molecule is Cc1ccccc1CCc1ccccc1[N+](=O)[O-].O=[N+]([O-])c1ccccc1F. The highest BCUT2D eigenvalue weighted by Gasteiger charge is 2.12. The van der Waals surface area contributed by atoms with E-state index in [4.69, 9.17) is 0 Å². The lowest BCUT2D eigenvalue weighted by atomic mass is 10.00. The second-order valence-electron chi connectivity index (χ2n) is 6.02. The molecule has 0 unspecified atom stereocenters. The third kappa shape index (κ3) is 5.70. The molecule has 0 aliphatic carbocycles. The van der Waals surface area contributed by atoms with Crippen molar-refractivity contribution in [1.82, 2.24) is 0 Å². The van der Waals surface area contributed by atoms with Crippen LogP contribution in [0.15, 0.2) is 72.8 Å². The average Bonchev–Trinajstić information content (AvgIpc) is 2.68. The number of nitrogens with zero attached hydrogens (tertiary/aromatic N) is 2. The van der Waals surface area contributed by atoms with Gasteiger partial charge in [-0.05, 0) is 37.0 Å². The first-order chi connectivity index (χ1) is 13.4. The molecule has 0 radical (unpaired) electrons. The summed E-state index contributed by atoms with van der Waals surface area (Å²) in [5.41, 5.74) is 3.01. The van der Waals surface area contributed by atoms with E-state index in [1.54, 1.807) is 12.1 Å². The van der Waals surface area contributed by atoms with E-state index in [2.05, 4.69) is 19.1 Å². The zero-order chi connectivity index (χ0) is 20.5. The maximum atomic E-state index is 12.4. The van der Waals surface area contributed by atoms with Crippen molar-refractivity contribution in [2.45, 2.75) is 19.8 Å². The molecule has 0 fully saturated rings. The van der Waals surface area contributed by atoms with Gasteiger partial charge in [0.15, 0.2) is 0 Å². The second kappa shape index (κ2) is 9.91. The molecule has 0 saturated heterocycles. The van der Waals surface area contributed by atoms with Crippen LogP contribution in [0.3, 0.4) is 0 Å². The minimum atomic E-state index is -0.799. The zero-order valence-electron chi connectivity index (χ0n) is 15.2. The number of nitro benzene ring substituents is 2. The number of nitro groups is 2. The third-order valence-corrected chi connectivity index (χ3v) is 4.16. The molecule has 0 heterocycles. The summed E-state index contributed by atoms with van der Waals surface area (Å²) in [6.45, 7) is 2.06. The molecule has 0 amide bonds. The number of para-hydroxylation sites is 2. The summed E-state index contributed by atoms with van der Waals surface area (Å²) in [7, 11) is 0. The van der Waals surface area contributed by atoms with E-state index in [1.807, 2.05) is 24.3 Å². The van der Waals surface area contributed by atoms with E-state index < -0.39 is 16.4 Å². The average molecular weight is 382 g/mol. The molecule has 3 aromatic carbocycles.